The SMILES string of the molecule is CNC1CCCCc2nc(Cc3ccc(C)cc3)ncc21. The fourth-order valence-corrected chi connectivity index (χ4v) is 3.03. The second-order valence-electron chi connectivity index (χ2n) is 5.94. The third kappa shape index (κ3) is 3.30. The number of hydrogen-bond donors (Lipinski definition) is 1. The summed E-state index contributed by atoms with van der Waals surface area (Å²) in [7, 11) is 2.03. The Morgan fingerprint density at radius 1 is 1.19 bits per heavy atom. The molecule has 0 fully saturated rings. The van der Waals surface area contributed by atoms with E-state index < -0.39 is 0 Å². The highest BCUT2D eigenvalue weighted by molar-refractivity contribution is 5.27. The van der Waals surface area contributed by atoms with Crippen LogP contribution in [0.25, 0.3) is 0 Å². The van der Waals surface area contributed by atoms with Crippen molar-refractivity contribution in [1.82, 2.24) is 15.3 Å². The van der Waals surface area contributed by atoms with Crippen molar-refractivity contribution in [3.8, 4) is 0 Å². The van der Waals surface area contributed by atoms with Crippen molar-refractivity contribution < 1.29 is 0 Å². The summed E-state index contributed by atoms with van der Waals surface area (Å²) in [6, 6.07) is 9.04. The van der Waals surface area contributed by atoms with Gasteiger partial charge in [0.2, 0.25) is 0 Å². The van der Waals surface area contributed by atoms with E-state index in [1.165, 1.54) is 41.6 Å². The van der Waals surface area contributed by atoms with Crippen LogP contribution in [0.4, 0.5) is 0 Å². The normalized spacial score (nSPS) is 18.1. The maximum Gasteiger partial charge on any atom is 0.132 e. The summed E-state index contributed by atoms with van der Waals surface area (Å²) in [6.45, 7) is 2.11. The Balaban J connectivity index is 1.85. The lowest BCUT2D eigenvalue weighted by molar-refractivity contribution is 0.531. The average Bonchev–Trinajstić information content (AvgIpc) is 2.71. The first-order valence-corrected chi connectivity index (χ1v) is 7.84. The van der Waals surface area contributed by atoms with Crippen LogP contribution in [0.3, 0.4) is 0 Å². The Morgan fingerprint density at radius 3 is 2.76 bits per heavy atom. The molecule has 110 valence electrons. The quantitative estimate of drug-likeness (QED) is 0.877. The first kappa shape index (κ1) is 14.2. The molecule has 1 unspecified atom stereocenters. The number of fused-ring (bicyclic) bond motifs is 1. The molecule has 0 saturated carbocycles. The number of nitrogens with zero attached hydrogens (tertiary/aromatic N) is 2. The Morgan fingerprint density at radius 2 is 2.00 bits per heavy atom. The summed E-state index contributed by atoms with van der Waals surface area (Å²) in [4.78, 5) is 9.44. The van der Waals surface area contributed by atoms with E-state index in [4.69, 9.17) is 4.98 Å². The monoisotopic (exact) mass is 281 g/mol. The van der Waals surface area contributed by atoms with Crippen LogP contribution in [0.1, 0.15) is 53.5 Å². The van der Waals surface area contributed by atoms with Gasteiger partial charge in [-0.3, -0.25) is 0 Å². The van der Waals surface area contributed by atoms with Crippen molar-refractivity contribution in [1.29, 1.82) is 0 Å². The molecular formula is C18H23N3. The molecule has 2 aromatic rings. The lowest BCUT2D eigenvalue weighted by Crippen LogP contribution is -2.18. The number of hydrogen-bond acceptors (Lipinski definition) is 3. The molecular weight excluding hydrogens is 258 g/mol. The zero-order chi connectivity index (χ0) is 14.7. The lowest BCUT2D eigenvalue weighted by Gasteiger charge is -2.16. The number of aryl methyl sites for hydroxylation is 2. The van der Waals surface area contributed by atoms with E-state index in [0.717, 1.165) is 18.7 Å². The van der Waals surface area contributed by atoms with Crippen molar-refractivity contribution in [3.63, 3.8) is 0 Å². The third-order valence-electron chi connectivity index (χ3n) is 4.31. The summed E-state index contributed by atoms with van der Waals surface area (Å²) in [6.07, 6.45) is 7.61. The molecule has 21 heavy (non-hydrogen) atoms. The molecule has 0 saturated heterocycles. The minimum Gasteiger partial charge on any atom is -0.313 e. The Hall–Kier alpha value is -1.74. The molecule has 1 heterocycles. The maximum atomic E-state index is 4.84. The van der Waals surface area contributed by atoms with E-state index in [-0.39, 0.29) is 0 Å². The van der Waals surface area contributed by atoms with Crippen LogP contribution in [0, 0.1) is 6.92 Å². The zero-order valence-electron chi connectivity index (χ0n) is 12.9. The summed E-state index contributed by atoms with van der Waals surface area (Å²) in [5.74, 6) is 0.939. The predicted octanol–water partition coefficient (Wildman–Crippen LogP) is 3.36. The highest BCUT2D eigenvalue weighted by Crippen LogP contribution is 2.26. The van der Waals surface area contributed by atoms with Crippen molar-refractivity contribution in [2.75, 3.05) is 7.05 Å². The molecule has 3 heteroatoms. The van der Waals surface area contributed by atoms with Crippen LogP contribution in [-0.4, -0.2) is 17.0 Å². The largest absolute Gasteiger partial charge is 0.313 e. The molecule has 1 aliphatic rings. The molecule has 1 aromatic carbocycles. The fraction of sp³-hybridized carbons (Fsp3) is 0.444. The third-order valence-corrected chi connectivity index (χ3v) is 4.31. The van der Waals surface area contributed by atoms with E-state index in [1.807, 2.05) is 13.2 Å². The molecule has 1 N–H and O–H groups in total. The van der Waals surface area contributed by atoms with Crippen molar-refractivity contribution in [3.05, 3.63) is 58.7 Å². The standard InChI is InChI=1S/C18H23N3/c1-13-7-9-14(10-8-13)11-18-20-12-15-16(19-2)5-3-4-6-17(15)21-18/h7-10,12,16,19H,3-6,11H2,1-2H3. The summed E-state index contributed by atoms with van der Waals surface area (Å²) in [5, 5.41) is 3.40. The molecule has 0 aliphatic heterocycles. The lowest BCUT2D eigenvalue weighted by atomic mass is 10.0. The van der Waals surface area contributed by atoms with Gasteiger partial charge in [-0.15, -0.1) is 0 Å². The number of benzene rings is 1. The molecule has 0 amide bonds. The minimum atomic E-state index is 0.413. The van der Waals surface area contributed by atoms with Gasteiger partial charge >= 0.3 is 0 Å². The van der Waals surface area contributed by atoms with Gasteiger partial charge in [-0.25, -0.2) is 9.97 Å². The van der Waals surface area contributed by atoms with Crippen LogP contribution in [0.5, 0.6) is 0 Å². The van der Waals surface area contributed by atoms with E-state index >= 15 is 0 Å². The number of nitrogens with one attached hydrogen (secondary N) is 1. The van der Waals surface area contributed by atoms with Crippen molar-refractivity contribution in [2.24, 2.45) is 0 Å². The Labute approximate surface area is 126 Å². The Bertz CT molecular complexity index is 604. The first-order valence-electron chi connectivity index (χ1n) is 7.84. The van der Waals surface area contributed by atoms with E-state index in [1.54, 1.807) is 0 Å². The van der Waals surface area contributed by atoms with Crippen LogP contribution < -0.4 is 5.32 Å². The van der Waals surface area contributed by atoms with Gasteiger partial charge in [0.1, 0.15) is 5.82 Å². The van der Waals surface area contributed by atoms with Gasteiger partial charge < -0.3 is 5.32 Å². The van der Waals surface area contributed by atoms with Crippen LogP contribution >= 0.6 is 0 Å². The number of aromatic nitrogens is 2. The Kier molecular flexibility index (Phi) is 4.30. The molecule has 1 atom stereocenters. The zero-order valence-corrected chi connectivity index (χ0v) is 12.9. The average molecular weight is 281 g/mol. The second-order valence-corrected chi connectivity index (χ2v) is 5.94. The van der Waals surface area contributed by atoms with E-state index in [9.17, 15) is 0 Å². The summed E-state index contributed by atoms with van der Waals surface area (Å²) in [5.41, 5.74) is 5.10. The van der Waals surface area contributed by atoms with Gasteiger partial charge in [-0.05, 0) is 38.8 Å². The number of rotatable bonds is 3. The van der Waals surface area contributed by atoms with Crippen LogP contribution in [0.2, 0.25) is 0 Å². The van der Waals surface area contributed by atoms with Gasteiger partial charge in [0.15, 0.2) is 0 Å². The fourth-order valence-electron chi connectivity index (χ4n) is 3.03. The van der Waals surface area contributed by atoms with Gasteiger partial charge in [0.05, 0.1) is 0 Å². The van der Waals surface area contributed by atoms with Gasteiger partial charge in [-0.1, -0.05) is 36.2 Å². The molecule has 1 aliphatic carbocycles. The van der Waals surface area contributed by atoms with Gasteiger partial charge in [0, 0.05) is 29.9 Å². The van der Waals surface area contributed by atoms with Crippen molar-refractivity contribution >= 4 is 0 Å². The smallest absolute Gasteiger partial charge is 0.132 e. The van der Waals surface area contributed by atoms with Crippen LogP contribution in [-0.2, 0) is 12.8 Å². The second kappa shape index (κ2) is 6.35. The van der Waals surface area contributed by atoms with Crippen molar-refractivity contribution in [2.45, 2.75) is 45.1 Å². The first-order chi connectivity index (χ1) is 10.3. The van der Waals surface area contributed by atoms with E-state index in [0.29, 0.717) is 6.04 Å². The molecule has 0 radical (unpaired) electrons. The summed E-state index contributed by atoms with van der Waals surface area (Å²) < 4.78 is 0. The highest BCUT2D eigenvalue weighted by atomic mass is 14.9. The predicted molar refractivity (Wildman–Crippen MR) is 85.4 cm³/mol. The highest BCUT2D eigenvalue weighted by Gasteiger charge is 2.19. The molecule has 3 nitrogen and oxygen atoms in total. The molecule has 3 rings (SSSR count). The molecule has 1 aromatic heterocycles. The summed E-state index contributed by atoms with van der Waals surface area (Å²) >= 11 is 0. The molecule has 0 bridgehead atoms. The molecule has 0 spiro atoms. The van der Waals surface area contributed by atoms with E-state index in [2.05, 4.69) is 41.5 Å². The van der Waals surface area contributed by atoms with Gasteiger partial charge in [0.25, 0.3) is 0 Å². The maximum absolute atomic E-state index is 4.84. The van der Waals surface area contributed by atoms with Crippen LogP contribution in [0.15, 0.2) is 30.5 Å². The minimum absolute atomic E-state index is 0.413. The topological polar surface area (TPSA) is 37.8 Å². The van der Waals surface area contributed by atoms with Gasteiger partial charge in [-0.2, -0.15) is 0 Å².